The first-order valence-corrected chi connectivity index (χ1v) is 10.9. The number of carbonyl (C=O) groups is 1. The van der Waals surface area contributed by atoms with Crippen molar-refractivity contribution >= 4 is 28.6 Å². The monoisotopic (exact) mass is 399 g/mol. The van der Waals surface area contributed by atoms with Gasteiger partial charge in [-0.15, -0.1) is 11.3 Å². The van der Waals surface area contributed by atoms with E-state index in [0.29, 0.717) is 0 Å². The number of hydrogen-bond acceptors (Lipinski definition) is 6. The van der Waals surface area contributed by atoms with Crippen molar-refractivity contribution in [3.63, 3.8) is 0 Å². The minimum Gasteiger partial charge on any atom is -0.369 e. The molecule has 0 saturated carbocycles. The van der Waals surface area contributed by atoms with Gasteiger partial charge in [-0.3, -0.25) is 9.69 Å². The third-order valence-electron chi connectivity index (χ3n) is 5.60. The number of rotatable bonds is 5. The number of piperazine rings is 1. The van der Waals surface area contributed by atoms with Crippen LogP contribution in [0.25, 0.3) is 0 Å². The molecule has 1 N–H and O–H groups in total. The number of likely N-dealkylation sites (tertiary alicyclic amines) is 1. The van der Waals surface area contributed by atoms with Crippen molar-refractivity contribution in [3.8, 4) is 0 Å². The molecule has 6 nitrogen and oxygen atoms in total. The lowest BCUT2D eigenvalue weighted by Crippen LogP contribution is -2.44. The van der Waals surface area contributed by atoms with Gasteiger partial charge in [0.05, 0.1) is 12.2 Å². The average Bonchev–Trinajstić information content (AvgIpc) is 3.33. The summed E-state index contributed by atoms with van der Waals surface area (Å²) in [4.78, 5) is 25.2. The highest BCUT2D eigenvalue weighted by Crippen LogP contribution is 2.24. The second-order valence-corrected chi connectivity index (χ2v) is 8.88. The Bertz CT molecular complexity index is 805. The molecule has 0 atom stereocenters. The molecular formula is C21H29N5OS. The van der Waals surface area contributed by atoms with E-state index < -0.39 is 0 Å². The van der Waals surface area contributed by atoms with Gasteiger partial charge in [0.25, 0.3) is 5.91 Å². The molecule has 150 valence electrons. The van der Waals surface area contributed by atoms with E-state index in [1.54, 1.807) is 0 Å². The number of aromatic nitrogens is 1. The lowest BCUT2D eigenvalue weighted by Gasteiger charge is -2.34. The van der Waals surface area contributed by atoms with Crippen LogP contribution in [-0.4, -0.2) is 67.0 Å². The molecule has 0 aliphatic carbocycles. The van der Waals surface area contributed by atoms with Crippen LogP contribution in [0.2, 0.25) is 0 Å². The van der Waals surface area contributed by atoms with E-state index in [-0.39, 0.29) is 5.91 Å². The maximum absolute atomic E-state index is 12.7. The topological polar surface area (TPSA) is 51.7 Å². The van der Waals surface area contributed by atoms with Gasteiger partial charge in [-0.1, -0.05) is 0 Å². The first kappa shape index (κ1) is 19.4. The van der Waals surface area contributed by atoms with Crippen molar-refractivity contribution in [2.45, 2.75) is 26.3 Å². The van der Waals surface area contributed by atoms with Crippen molar-refractivity contribution in [1.82, 2.24) is 14.8 Å². The van der Waals surface area contributed by atoms with Crippen LogP contribution >= 0.6 is 11.3 Å². The van der Waals surface area contributed by atoms with Crippen LogP contribution < -0.4 is 10.2 Å². The molecule has 0 bridgehead atoms. The third kappa shape index (κ3) is 4.54. The van der Waals surface area contributed by atoms with Crippen molar-refractivity contribution in [2.24, 2.45) is 0 Å². The van der Waals surface area contributed by atoms with E-state index in [0.717, 1.165) is 67.1 Å². The van der Waals surface area contributed by atoms with E-state index >= 15 is 0 Å². The van der Waals surface area contributed by atoms with Crippen LogP contribution in [0.3, 0.4) is 0 Å². The summed E-state index contributed by atoms with van der Waals surface area (Å²) in [5, 5.41) is 4.07. The van der Waals surface area contributed by atoms with Crippen LogP contribution in [0, 0.1) is 6.92 Å². The molecule has 1 aromatic carbocycles. The smallest absolute Gasteiger partial charge is 0.267 e. The summed E-state index contributed by atoms with van der Waals surface area (Å²) >= 11 is 1.52. The van der Waals surface area contributed by atoms with Gasteiger partial charge in [-0.05, 0) is 64.2 Å². The SMILES string of the molecule is Cc1nc(CN2CCCC2)sc1C(=O)Nc1ccc(N2CCN(C)CC2)cc1. The van der Waals surface area contributed by atoms with Gasteiger partial charge in [0.2, 0.25) is 0 Å². The quantitative estimate of drug-likeness (QED) is 0.838. The number of nitrogens with one attached hydrogen (secondary N) is 1. The Morgan fingerprint density at radius 3 is 2.43 bits per heavy atom. The molecule has 0 unspecified atom stereocenters. The van der Waals surface area contributed by atoms with E-state index in [1.165, 1.54) is 29.9 Å². The Balaban J connectivity index is 1.37. The van der Waals surface area contributed by atoms with Crippen LogP contribution in [0.4, 0.5) is 11.4 Å². The number of nitrogens with zero attached hydrogens (tertiary/aromatic N) is 4. The van der Waals surface area contributed by atoms with Crippen LogP contribution in [0.15, 0.2) is 24.3 Å². The molecule has 3 heterocycles. The summed E-state index contributed by atoms with van der Waals surface area (Å²) in [6.07, 6.45) is 2.53. The summed E-state index contributed by atoms with van der Waals surface area (Å²) < 4.78 is 0. The second-order valence-electron chi connectivity index (χ2n) is 7.80. The van der Waals surface area contributed by atoms with E-state index in [1.807, 2.05) is 19.1 Å². The number of carbonyl (C=O) groups excluding carboxylic acids is 1. The first-order valence-electron chi connectivity index (χ1n) is 10.1. The zero-order valence-electron chi connectivity index (χ0n) is 16.8. The lowest BCUT2D eigenvalue weighted by molar-refractivity contribution is 0.103. The van der Waals surface area contributed by atoms with Gasteiger partial charge in [0, 0.05) is 37.6 Å². The zero-order chi connectivity index (χ0) is 19.5. The highest BCUT2D eigenvalue weighted by molar-refractivity contribution is 7.13. The lowest BCUT2D eigenvalue weighted by atomic mass is 10.2. The molecule has 2 fully saturated rings. The first-order chi connectivity index (χ1) is 13.6. The Morgan fingerprint density at radius 2 is 1.75 bits per heavy atom. The predicted molar refractivity (Wildman–Crippen MR) is 115 cm³/mol. The van der Waals surface area contributed by atoms with Crippen molar-refractivity contribution < 1.29 is 4.79 Å². The molecule has 7 heteroatoms. The summed E-state index contributed by atoms with van der Waals surface area (Å²) in [7, 11) is 2.16. The van der Waals surface area contributed by atoms with Gasteiger partial charge in [0.1, 0.15) is 9.88 Å². The Hall–Kier alpha value is -1.96. The molecule has 0 radical (unpaired) electrons. The molecule has 4 rings (SSSR count). The third-order valence-corrected chi connectivity index (χ3v) is 6.74. The average molecular weight is 400 g/mol. The van der Waals surface area contributed by atoms with Gasteiger partial charge in [-0.2, -0.15) is 0 Å². The van der Waals surface area contributed by atoms with E-state index in [4.69, 9.17) is 0 Å². The summed E-state index contributed by atoms with van der Waals surface area (Å²) in [5.41, 5.74) is 2.87. The summed E-state index contributed by atoms with van der Waals surface area (Å²) in [6, 6.07) is 8.18. The van der Waals surface area contributed by atoms with Gasteiger partial charge in [-0.25, -0.2) is 4.98 Å². The summed E-state index contributed by atoms with van der Waals surface area (Å²) in [6.45, 7) is 9.32. The number of thiazole rings is 1. The largest absolute Gasteiger partial charge is 0.369 e. The maximum atomic E-state index is 12.7. The molecule has 1 aromatic heterocycles. The van der Waals surface area contributed by atoms with E-state index in [9.17, 15) is 4.79 Å². The molecule has 2 aliphatic rings. The summed E-state index contributed by atoms with van der Waals surface area (Å²) in [5.74, 6) is -0.0602. The fourth-order valence-electron chi connectivity index (χ4n) is 3.87. The van der Waals surface area contributed by atoms with Crippen molar-refractivity contribution in [2.75, 3.05) is 56.5 Å². The highest BCUT2D eigenvalue weighted by Gasteiger charge is 2.19. The number of amides is 1. The Labute approximate surface area is 171 Å². The van der Waals surface area contributed by atoms with Crippen molar-refractivity contribution in [3.05, 3.63) is 39.8 Å². The normalized spacial score (nSPS) is 18.6. The van der Waals surface area contributed by atoms with Crippen LogP contribution in [0.5, 0.6) is 0 Å². The Morgan fingerprint density at radius 1 is 1.07 bits per heavy atom. The molecule has 2 aliphatic heterocycles. The minimum absolute atomic E-state index is 0.0602. The number of likely N-dealkylation sites (N-methyl/N-ethyl adjacent to an activating group) is 1. The number of aryl methyl sites for hydroxylation is 1. The molecule has 0 spiro atoms. The molecule has 28 heavy (non-hydrogen) atoms. The van der Waals surface area contributed by atoms with Crippen molar-refractivity contribution in [1.29, 1.82) is 0 Å². The molecule has 1 amide bonds. The predicted octanol–water partition coefficient (Wildman–Crippen LogP) is 3.05. The standard InChI is InChI=1S/C21H29N5OS/c1-16-20(28-19(22-16)15-25-9-3-4-10-25)21(27)23-17-5-7-18(8-6-17)26-13-11-24(2)12-14-26/h5-8H,3-4,9-15H2,1-2H3,(H,23,27). The maximum Gasteiger partial charge on any atom is 0.267 e. The number of hydrogen-bond donors (Lipinski definition) is 1. The Kier molecular flexibility index (Phi) is 5.94. The fraction of sp³-hybridized carbons (Fsp3) is 0.524. The fourth-order valence-corrected chi connectivity index (χ4v) is 4.87. The second kappa shape index (κ2) is 8.59. The van der Waals surface area contributed by atoms with Gasteiger partial charge >= 0.3 is 0 Å². The molecule has 2 saturated heterocycles. The van der Waals surface area contributed by atoms with Crippen LogP contribution in [-0.2, 0) is 6.54 Å². The van der Waals surface area contributed by atoms with Gasteiger partial charge < -0.3 is 15.1 Å². The number of anilines is 2. The highest BCUT2D eigenvalue weighted by atomic mass is 32.1. The molecular weight excluding hydrogens is 370 g/mol. The van der Waals surface area contributed by atoms with Crippen LogP contribution in [0.1, 0.15) is 33.2 Å². The molecule has 2 aromatic rings. The number of benzene rings is 1. The van der Waals surface area contributed by atoms with Gasteiger partial charge in [0.15, 0.2) is 0 Å². The zero-order valence-corrected chi connectivity index (χ0v) is 17.6. The minimum atomic E-state index is -0.0602. The van der Waals surface area contributed by atoms with E-state index in [2.05, 4.69) is 44.2 Å².